The van der Waals surface area contributed by atoms with Gasteiger partial charge in [0.2, 0.25) is 0 Å². The molecule has 4 aromatic heterocycles. The number of nitrogens with one attached hydrogen (secondary N) is 1. The number of piperidine rings is 2. The predicted octanol–water partition coefficient (Wildman–Crippen LogP) is 15.7. The molecule has 0 aliphatic carbocycles. The van der Waals surface area contributed by atoms with Crippen LogP contribution in [-0.4, -0.2) is 143 Å². The van der Waals surface area contributed by atoms with Crippen LogP contribution in [0, 0.1) is 13.8 Å². The maximum Gasteiger partial charge on any atom is 0.411 e. The summed E-state index contributed by atoms with van der Waals surface area (Å²) in [6.45, 7) is 14.9. The minimum atomic E-state index is -0.975. The van der Waals surface area contributed by atoms with Gasteiger partial charge in [-0.25, -0.2) is 33.3 Å². The Morgan fingerprint density at radius 3 is 1.13 bits per heavy atom. The van der Waals surface area contributed by atoms with Gasteiger partial charge in [-0.3, -0.25) is 24.6 Å². The topological polar surface area (TPSA) is 266 Å². The van der Waals surface area contributed by atoms with Crippen molar-refractivity contribution in [1.29, 1.82) is 0 Å². The largest absolute Gasteiger partial charge is 0.478 e. The van der Waals surface area contributed by atoms with E-state index in [9.17, 15) is 33.9 Å². The third-order valence-electron chi connectivity index (χ3n) is 19.7. The van der Waals surface area contributed by atoms with Crippen LogP contribution in [-0.2, 0) is 39.6 Å². The lowest BCUT2D eigenvalue weighted by atomic mass is 9.77. The molecule has 0 saturated carbocycles. The Kier molecular flexibility index (Phi) is 23.5. The number of benzene rings is 8. The van der Waals surface area contributed by atoms with Crippen LogP contribution in [0.4, 0.5) is 9.59 Å². The number of amides is 3. The number of pyridine rings is 2. The van der Waals surface area contributed by atoms with Gasteiger partial charge in [-0.15, -0.1) is 0 Å². The van der Waals surface area contributed by atoms with Gasteiger partial charge in [0.25, 0.3) is 5.91 Å². The van der Waals surface area contributed by atoms with E-state index in [1.807, 2.05) is 172 Å². The van der Waals surface area contributed by atoms with Gasteiger partial charge < -0.3 is 35.1 Å². The number of aromatic carboxylic acids is 1. The van der Waals surface area contributed by atoms with Crippen molar-refractivity contribution in [1.82, 2.24) is 44.6 Å². The zero-order chi connectivity index (χ0) is 78.8. The highest BCUT2D eigenvalue weighted by Crippen LogP contribution is 2.47. The molecular weight excluding hydrogens is 1400 g/mol. The third kappa shape index (κ3) is 16.8. The smallest absolute Gasteiger partial charge is 0.411 e. The van der Waals surface area contributed by atoms with Crippen molar-refractivity contribution in [3.8, 4) is 22.5 Å². The molecule has 6 heterocycles. The zero-order valence-corrected chi connectivity index (χ0v) is 64.0. The van der Waals surface area contributed by atoms with Crippen molar-refractivity contribution in [2.45, 2.75) is 128 Å². The number of methoxy groups -OCH3 is 2. The van der Waals surface area contributed by atoms with E-state index in [4.69, 9.17) is 34.9 Å². The van der Waals surface area contributed by atoms with Gasteiger partial charge in [0.05, 0.1) is 30.8 Å². The van der Waals surface area contributed by atoms with Crippen molar-refractivity contribution in [2.24, 2.45) is 5.73 Å². The van der Waals surface area contributed by atoms with Crippen LogP contribution in [0.5, 0.6) is 0 Å². The van der Waals surface area contributed by atoms with Crippen LogP contribution in [0.1, 0.15) is 133 Å². The summed E-state index contributed by atoms with van der Waals surface area (Å²) in [6, 6.07) is 78.8. The second kappa shape index (κ2) is 33.5. The van der Waals surface area contributed by atoms with Crippen LogP contribution in [0.2, 0.25) is 0 Å². The van der Waals surface area contributed by atoms with Gasteiger partial charge in [-0.05, 0) is 175 Å². The van der Waals surface area contributed by atoms with Crippen LogP contribution in [0.25, 0.3) is 44.3 Å². The van der Waals surface area contributed by atoms with Crippen molar-refractivity contribution in [2.75, 3.05) is 27.3 Å². The number of ether oxygens (including phenoxy) is 4. The van der Waals surface area contributed by atoms with Gasteiger partial charge in [-0.1, -0.05) is 182 Å². The molecule has 111 heavy (non-hydrogen) atoms. The summed E-state index contributed by atoms with van der Waals surface area (Å²) in [5, 5.41) is 25.3. The van der Waals surface area contributed by atoms with E-state index in [1.54, 1.807) is 66.1 Å². The lowest BCUT2D eigenvalue weighted by molar-refractivity contribution is -0.148. The number of fused-ring (bicyclic) bond motifs is 2. The van der Waals surface area contributed by atoms with E-state index in [0.29, 0.717) is 49.2 Å². The molecule has 21 nitrogen and oxygen atoms in total. The van der Waals surface area contributed by atoms with Crippen molar-refractivity contribution in [3.63, 3.8) is 0 Å². The Labute approximate surface area is 646 Å². The molecule has 21 heteroatoms. The zero-order valence-electron chi connectivity index (χ0n) is 64.0. The van der Waals surface area contributed by atoms with E-state index in [-0.39, 0.29) is 24.1 Å². The fraction of sp³-hybridized carbons (Fsp3) is 0.267. The molecule has 2 aliphatic rings. The molecule has 12 aromatic rings. The fourth-order valence-corrected chi connectivity index (χ4v) is 14.8. The number of hydrogen-bond acceptors (Lipinski definition) is 15. The van der Waals surface area contributed by atoms with E-state index in [2.05, 4.69) is 97.4 Å². The summed E-state index contributed by atoms with van der Waals surface area (Å²) in [4.78, 5) is 87.2. The molecule has 3 amide bonds. The average molecular weight is 1490 g/mol. The highest BCUT2D eigenvalue weighted by Gasteiger charge is 2.45. The average Bonchev–Trinajstić information content (AvgIpc) is 1.63. The summed E-state index contributed by atoms with van der Waals surface area (Å²) in [7, 11) is 2.61. The third-order valence-corrected chi connectivity index (χ3v) is 19.7. The number of nitrogens with two attached hydrogens (primary N) is 1. The summed E-state index contributed by atoms with van der Waals surface area (Å²) < 4.78 is 24.8. The van der Waals surface area contributed by atoms with Gasteiger partial charge >= 0.3 is 30.1 Å². The first kappa shape index (κ1) is 78.0. The molecule has 2 saturated heterocycles. The molecule has 14 rings (SSSR count). The molecule has 0 unspecified atom stereocenters. The molecule has 2 fully saturated rings. The van der Waals surface area contributed by atoms with E-state index >= 15 is 0 Å². The molecule has 0 radical (unpaired) electrons. The number of hydrogen-bond donors (Lipinski definition) is 3. The van der Waals surface area contributed by atoms with E-state index in [0.717, 1.165) is 77.7 Å². The number of aryl methyl sites for hydroxylation is 2. The number of rotatable bonds is 15. The van der Waals surface area contributed by atoms with Gasteiger partial charge in [0, 0.05) is 76.4 Å². The summed E-state index contributed by atoms with van der Waals surface area (Å²) in [5.41, 5.74) is 16.1. The number of likely N-dealkylation sites (tertiary alicyclic amines) is 2. The SMILES string of the molecule is COC(=O)[C@@H]1CC[C@@H](N)CN1C(=O)OC(C)(C)C.COC(=O)[C@@H]1CC[C@@H](NC(=O)c2ccc3c(c2)c(-c2ccnc(C)c2)nn3C(c2ccccc2)(c2ccccc2)c2ccccc2)CN1C(=O)OC(C)(C)C.Cc1cc(-c2nn(C(c3ccccc3)(c3ccccc3)c3ccccc3)c3ccc(C(=O)O)cc23)ccn1. The highest BCUT2D eigenvalue weighted by atomic mass is 16.6. The maximum absolute atomic E-state index is 14.1. The number of esters is 2. The number of aromatic nitrogens is 6. The Bertz CT molecular complexity index is 5090. The van der Waals surface area contributed by atoms with Crippen LogP contribution in [0.3, 0.4) is 0 Å². The number of carboxylic acid groups (broad SMARTS) is 1. The molecule has 4 atom stereocenters. The molecule has 568 valence electrons. The monoisotopic (exact) mass is 1490 g/mol. The molecular formula is C90H92N10O11. The molecule has 0 spiro atoms. The molecule has 4 N–H and O–H groups in total. The first-order valence-electron chi connectivity index (χ1n) is 37.0. The lowest BCUT2D eigenvalue weighted by Gasteiger charge is -2.38. The molecule has 0 bridgehead atoms. The van der Waals surface area contributed by atoms with E-state index < -0.39 is 70.5 Å². The summed E-state index contributed by atoms with van der Waals surface area (Å²) >= 11 is 0. The minimum Gasteiger partial charge on any atom is -0.478 e. The van der Waals surface area contributed by atoms with E-state index in [1.165, 1.54) is 24.0 Å². The van der Waals surface area contributed by atoms with Crippen molar-refractivity contribution < 1.29 is 52.8 Å². The fourth-order valence-electron chi connectivity index (χ4n) is 14.8. The van der Waals surface area contributed by atoms with Crippen molar-refractivity contribution in [3.05, 3.63) is 311 Å². The first-order chi connectivity index (χ1) is 53.3. The standard InChI is InChI=1S/C45H45N5O5.C33H25N3O2.C12H22N2O4/c1-30-27-31(25-26-46-30)40-37-28-32(41(51)47-36-22-24-39(42(52)54-5)49(29-36)43(53)55-44(2,3)4)21-23-38(37)50(48-40)45(33-15-9-6-10-16-33,34-17-11-7-12-18-34)35-19-13-8-14-20-35;1-23-21-24(19-20-34-23)31-29-22-25(32(37)38)17-18-30(29)36(35-31)33(26-11-5-2-6-12-26,27-13-7-3-8-14-27)28-15-9-4-10-16-28;1-12(2,3)18-11(16)14-7-8(13)5-6-9(14)10(15)17-4/h6-21,23,25-28,36,39H,22,24,29H2,1-5H3,(H,47,51);2-22H,1H3,(H,37,38);8-9H,5-7,13H2,1-4H3/t36-,39+;;8-,9+/m1.1/s1. The summed E-state index contributed by atoms with van der Waals surface area (Å²) in [6.07, 6.45) is 4.36. The first-order valence-corrected chi connectivity index (χ1v) is 37.0. The molecule has 8 aromatic carbocycles. The Morgan fingerprint density at radius 2 is 0.784 bits per heavy atom. The normalized spacial score (nSPS) is 15.9. The maximum atomic E-state index is 14.1. The number of carboxylic acids is 1. The Hall–Kier alpha value is -12.6. The van der Waals surface area contributed by atoms with Crippen LogP contribution >= 0.6 is 0 Å². The number of carbonyl (C=O) groups is 6. The van der Waals surface area contributed by atoms with Crippen molar-refractivity contribution >= 4 is 57.8 Å². The highest BCUT2D eigenvalue weighted by molar-refractivity contribution is 6.03. The van der Waals surface area contributed by atoms with Crippen LogP contribution in [0.15, 0.2) is 255 Å². The lowest BCUT2D eigenvalue weighted by Crippen LogP contribution is -2.57. The minimum absolute atomic E-state index is 0.0931. The second-order valence-corrected chi connectivity index (χ2v) is 29.7. The molecule has 2 aliphatic heterocycles. The van der Waals surface area contributed by atoms with Gasteiger partial charge in [-0.2, -0.15) is 10.2 Å². The predicted molar refractivity (Wildman–Crippen MR) is 427 cm³/mol. The Balaban J connectivity index is 0.000000176. The summed E-state index contributed by atoms with van der Waals surface area (Å²) in [5.74, 6) is -2.23. The quantitative estimate of drug-likeness (QED) is 0.0489. The number of carbonyl (C=O) groups excluding carboxylic acids is 5. The second-order valence-electron chi connectivity index (χ2n) is 29.7. The van der Waals surface area contributed by atoms with Crippen LogP contribution < -0.4 is 11.1 Å². The van der Waals surface area contributed by atoms with Gasteiger partial charge in [0.1, 0.15) is 45.8 Å². The number of nitrogens with zero attached hydrogens (tertiary/aromatic N) is 8. The Morgan fingerprint density at radius 1 is 0.441 bits per heavy atom. The van der Waals surface area contributed by atoms with Gasteiger partial charge in [0.15, 0.2) is 0 Å².